The van der Waals surface area contributed by atoms with Crippen LogP contribution in [-0.2, 0) is 17.9 Å². The van der Waals surface area contributed by atoms with E-state index in [4.69, 9.17) is 21.1 Å². The Morgan fingerprint density at radius 2 is 1.88 bits per heavy atom. The van der Waals surface area contributed by atoms with Crippen molar-refractivity contribution in [2.24, 2.45) is 5.92 Å². The standard InChI is InChI=1S/C26H27BrClFN2O3/c1-16(2)11-25(32)31-20-6-4-5-19(13-20)30-14-21-22(27)9-10-24(33-3)26(21)34-15-17-7-8-18(29)12-23(17)28/h4-10,12-13,16,30H,11,14-15H2,1-3H3,(H,31,32). The molecule has 0 aliphatic carbocycles. The van der Waals surface area contributed by atoms with Crippen molar-refractivity contribution in [3.63, 3.8) is 0 Å². The van der Waals surface area contributed by atoms with E-state index < -0.39 is 5.82 Å². The zero-order valence-electron chi connectivity index (χ0n) is 19.3. The first kappa shape index (κ1) is 25.8. The molecule has 0 aliphatic rings. The van der Waals surface area contributed by atoms with Crippen molar-refractivity contribution in [2.75, 3.05) is 17.7 Å². The van der Waals surface area contributed by atoms with Gasteiger partial charge in [-0.1, -0.05) is 53.5 Å². The average molecular weight is 550 g/mol. The Morgan fingerprint density at radius 1 is 1.12 bits per heavy atom. The molecule has 0 bridgehead atoms. The third-order valence-corrected chi connectivity index (χ3v) is 6.08. The molecular formula is C26H27BrClFN2O3. The minimum Gasteiger partial charge on any atom is -0.493 e. The van der Waals surface area contributed by atoms with E-state index in [1.807, 2.05) is 44.2 Å². The average Bonchev–Trinajstić information content (AvgIpc) is 2.77. The molecule has 0 unspecified atom stereocenters. The van der Waals surface area contributed by atoms with Gasteiger partial charge in [-0.05, 0) is 48.4 Å². The quantitative estimate of drug-likeness (QED) is 0.276. The van der Waals surface area contributed by atoms with E-state index in [-0.39, 0.29) is 18.4 Å². The Kier molecular flexibility index (Phi) is 9.19. The summed E-state index contributed by atoms with van der Waals surface area (Å²) < 4.78 is 25.8. The van der Waals surface area contributed by atoms with Crippen LogP contribution in [0.5, 0.6) is 11.5 Å². The zero-order valence-corrected chi connectivity index (χ0v) is 21.6. The number of hydrogen-bond donors (Lipinski definition) is 2. The van der Waals surface area contributed by atoms with Gasteiger partial charge in [0.15, 0.2) is 11.5 Å². The highest BCUT2D eigenvalue weighted by Gasteiger charge is 2.16. The highest BCUT2D eigenvalue weighted by atomic mass is 79.9. The minimum absolute atomic E-state index is 0.0159. The Hall–Kier alpha value is -2.77. The van der Waals surface area contributed by atoms with E-state index in [9.17, 15) is 9.18 Å². The van der Waals surface area contributed by atoms with Gasteiger partial charge in [0.25, 0.3) is 0 Å². The normalized spacial score (nSPS) is 10.8. The van der Waals surface area contributed by atoms with Crippen LogP contribution in [0, 0.1) is 11.7 Å². The van der Waals surface area contributed by atoms with E-state index in [0.29, 0.717) is 35.1 Å². The number of carbonyl (C=O) groups excluding carboxylic acids is 1. The summed E-state index contributed by atoms with van der Waals surface area (Å²) in [4.78, 5) is 12.1. The first-order chi connectivity index (χ1) is 16.3. The SMILES string of the molecule is COc1ccc(Br)c(CNc2cccc(NC(=O)CC(C)C)c2)c1OCc1ccc(F)cc1Cl. The molecule has 0 saturated carbocycles. The fourth-order valence-corrected chi connectivity index (χ4v) is 4.01. The predicted molar refractivity (Wildman–Crippen MR) is 138 cm³/mol. The van der Waals surface area contributed by atoms with Gasteiger partial charge in [0.1, 0.15) is 12.4 Å². The van der Waals surface area contributed by atoms with Crippen LogP contribution in [0.15, 0.2) is 59.1 Å². The number of carbonyl (C=O) groups is 1. The lowest BCUT2D eigenvalue weighted by Gasteiger charge is -2.18. The summed E-state index contributed by atoms with van der Waals surface area (Å²) in [6, 6.07) is 15.4. The summed E-state index contributed by atoms with van der Waals surface area (Å²) >= 11 is 9.75. The van der Waals surface area contributed by atoms with Crippen LogP contribution in [0.4, 0.5) is 15.8 Å². The van der Waals surface area contributed by atoms with Crippen LogP contribution in [0.3, 0.4) is 0 Å². The van der Waals surface area contributed by atoms with E-state index >= 15 is 0 Å². The summed E-state index contributed by atoms with van der Waals surface area (Å²) in [7, 11) is 1.57. The van der Waals surface area contributed by atoms with Gasteiger partial charge in [-0.25, -0.2) is 4.39 Å². The van der Waals surface area contributed by atoms with Crippen LogP contribution < -0.4 is 20.1 Å². The van der Waals surface area contributed by atoms with Crippen molar-refractivity contribution >= 4 is 44.8 Å². The second-order valence-corrected chi connectivity index (χ2v) is 9.42. The molecular weight excluding hydrogens is 523 g/mol. The molecule has 0 radical (unpaired) electrons. The van der Waals surface area contributed by atoms with Gasteiger partial charge in [0.2, 0.25) is 5.91 Å². The topological polar surface area (TPSA) is 59.6 Å². The van der Waals surface area contributed by atoms with Crippen LogP contribution in [0.25, 0.3) is 0 Å². The predicted octanol–water partition coefficient (Wildman–Crippen LogP) is 7.43. The molecule has 0 heterocycles. The van der Waals surface area contributed by atoms with Crippen LogP contribution in [-0.4, -0.2) is 13.0 Å². The maximum Gasteiger partial charge on any atom is 0.224 e. The number of hydrogen-bond acceptors (Lipinski definition) is 4. The molecule has 1 amide bonds. The van der Waals surface area contributed by atoms with Crippen molar-refractivity contribution in [3.05, 3.63) is 81.0 Å². The number of ether oxygens (including phenoxy) is 2. The molecule has 180 valence electrons. The molecule has 0 aromatic heterocycles. The summed E-state index contributed by atoms with van der Waals surface area (Å²) in [5.74, 6) is 0.980. The fourth-order valence-electron chi connectivity index (χ4n) is 3.33. The number of methoxy groups -OCH3 is 1. The Morgan fingerprint density at radius 3 is 2.59 bits per heavy atom. The summed E-state index contributed by atoms with van der Waals surface area (Å²) in [5.41, 5.74) is 3.06. The van der Waals surface area contributed by atoms with Crippen molar-refractivity contribution in [1.82, 2.24) is 0 Å². The molecule has 2 N–H and O–H groups in total. The van der Waals surface area contributed by atoms with Gasteiger partial charge in [-0.3, -0.25) is 4.79 Å². The third kappa shape index (κ3) is 7.11. The number of halogens is 3. The van der Waals surface area contributed by atoms with E-state index in [2.05, 4.69) is 26.6 Å². The summed E-state index contributed by atoms with van der Waals surface area (Å²) in [6.07, 6.45) is 0.465. The Balaban J connectivity index is 1.77. The van der Waals surface area contributed by atoms with Gasteiger partial charge in [0, 0.05) is 39.9 Å². The number of amides is 1. The Labute approximate surface area is 212 Å². The number of benzene rings is 3. The maximum absolute atomic E-state index is 13.4. The van der Waals surface area contributed by atoms with Crippen LogP contribution in [0.1, 0.15) is 31.4 Å². The van der Waals surface area contributed by atoms with Crippen molar-refractivity contribution < 1.29 is 18.7 Å². The fraction of sp³-hybridized carbons (Fsp3) is 0.269. The molecule has 3 rings (SSSR count). The molecule has 0 spiro atoms. The second-order valence-electron chi connectivity index (χ2n) is 8.16. The molecule has 3 aromatic rings. The minimum atomic E-state index is -0.402. The van der Waals surface area contributed by atoms with Gasteiger partial charge in [-0.15, -0.1) is 0 Å². The second kappa shape index (κ2) is 12.1. The molecule has 3 aromatic carbocycles. The summed E-state index contributed by atoms with van der Waals surface area (Å²) in [5, 5.41) is 6.60. The maximum atomic E-state index is 13.4. The molecule has 5 nitrogen and oxygen atoms in total. The zero-order chi connectivity index (χ0) is 24.7. The molecule has 0 aliphatic heterocycles. The molecule has 8 heteroatoms. The van der Waals surface area contributed by atoms with Crippen molar-refractivity contribution in [2.45, 2.75) is 33.4 Å². The Bertz CT molecular complexity index is 1160. The smallest absolute Gasteiger partial charge is 0.224 e. The largest absolute Gasteiger partial charge is 0.493 e. The molecule has 34 heavy (non-hydrogen) atoms. The van der Waals surface area contributed by atoms with E-state index in [1.54, 1.807) is 19.2 Å². The third-order valence-electron chi connectivity index (χ3n) is 4.98. The molecule has 0 fully saturated rings. The highest BCUT2D eigenvalue weighted by molar-refractivity contribution is 9.10. The van der Waals surface area contributed by atoms with Crippen LogP contribution in [0.2, 0.25) is 5.02 Å². The summed E-state index contributed by atoms with van der Waals surface area (Å²) in [6.45, 7) is 4.59. The van der Waals surface area contributed by atoms with Gasteiger partial charge < -0.3 is 20.1 Å². The molecule has 0 saturated heterocycles. The lowest BCUT2D eigenvalue weighted by Crippen LogP contribution is -2.14. The first-order valence-corrected chi connectivity index (χ1v) is 12.0. The number of rotatable bonds is 10. The van der Waals surface area contributed by atoms with E-state index in [0.717, 1.165) is 21.4 Å². The molecule has 0 atom stereocenters. The van der Waals surface area contributed by atoms with Crippen molar-refractivity contribution in [3.8, 4) is 11.5 Å². The van der Waals surface area contributed by atoms with Crippen molar-refractivity contribution in [1.29, 1.82) is 0 Å². The highest BCUT2D eigenvalue weighted by Crippen LogP contribution is 2.37. The van der Waals surface area contributed by atoms with Gasteiger partial charge in [0.05, 0.1) is 12.1 Å². The van der Waals surface area contributed by atoms with Gasteiger partial charge >= 0.3 is 0 Å². The monoisotopic (exact) mass is 548 g/mol. The number of anilines is 2. The van der Waals surface area contributed by atoms with E-state index in [1.165, 1.54) is 12.1 Å². The first-order valence-electron chi connectivity index (χ1n) is 10.8. The van der Waals surface area contributed by atoms with Gasteiger partial charge in [-0.2, -0.15) is 0 Å². The lowest BCUT2D eigenvalue weighted by atomic mass is 10.1. The number of nitrogens with one attached hydrogen (secondary N) is 2. The lowest BCUT2D eigenvalue weighted by molar-refractivity contribution is -0.116. The van der Waals surface area contributed by atoms with Crippen LogP contribution >= 0.6 is 27.5 Å².